The summed E-state index contributed by atoms with van der Waals surface area (Å²) in [6.07, 6.45) is 2.61. The van der Waals surface area contributed by atoms with Crippen LogP contribution >= 0.6 is 0 Å². The fourth-order valence-corrected chi connectivity index (χ4v) is 4.47. The molecule has 2 aromatic rings. The zero-order valence-corrected chi connectivity index (χ0v) is 13.8. The van der Waals surface area contributed by atoms with Crippen LogP contribution < -0.4 is 0 Å². The molecule has 0 bridgehead atoms. The molecule has 1 atom stereocenters. The van der Waals surface area contributed by atoms with Gasteiger partial charge >= 0.3 is 0 Å². The Kier molecular flexibility index (Phi) is 4.37. The van der Waals surface area contributed by atoms with Gasteiger partial charge in [-0.15, -0.1) is 0 Å². The monoisotopic (exact) mass is 333 g/mol. The second-order valence-electron chi connectivity index (χ2n) is 5.95. The van der Waals surface area contributed by atoms with E-state index in [4.69, 9.17) is 4.42 Å². The molecule has 1 fully saturated rings. The predicted octanol–water partition coefficient (Wildman–Crippen LogP) is 3.18. The predicted molar refractivity (Wildman–Crippen MR) is 86.7 cm³/mol. The normalized spacial score (nSPS) is 19.6. The molecule has 1 saturated heterocycles. The Morgan fingerprint density at radius 1 is 1.17 bits per heavy atom. The molecule has 2 heterocycles. The Hall–Kier alpha value is -1.92. The zero-order chi connectivity index (χ0) is 16.4. The van der Waals surface area contributed by atoms with Gasteiger partial charge in [0, 0.05) is 18.7 Å². The number of piperidine rings is 1. The number of rotatable bonds is 4. The van der Waals surface area contributed by atoms with Crippen molar-refractivity contribution in [1.82, 2.24) is 4.31 Å². The highest BCUT2D eigenvalue weighted by atomic mass is 32.2. The van der Waals surface area contributed by atoms with Crippen LogP contribution in [0.4, 0.5) is 0 Å². The van der Waals surface area contributed by atoms with E-state index < -0.39 is 10.0 Å². The van der Waals surface area contributed by atoms with Gasteiger partial charge in [0.05, 0.1) is 4.90 Å². The molecule has 3 rings (SSSR count). The maximum absolute atomic E-state index is 12.7. The summed E-state index contributed by atoms with van der Waals surface area (Å²) in [5.41, 5.74) is 0.740. The molecular weight excluding hydrogens is 314 g/mol. The molecule has 23 heavy (non-hydrogen) atoms. The average Bonchev–Trinajstić information content (AvgIpc) is 3.04. The first-order chi connectivity index (χ1) is 11.0. The summed E-state index contributed by atoms with van der Waals surface area (Å²) in [6, 6.07) is 9.86. The molecule has 6 heteroatoms. The maximum Gasteiger partial charge on any atom is 0.243 e. The first-order valence-electron chi connectivity index (χ1n) is 7.66. The van der Waals surface area contributed by atoms with Gasteiger partial charge in [0.1, 0.15) is 5.76 Å². The highest BCUT2D eigenvalue weighted by Crippen LogP contribution is 2.26. The number of hydrogen-bond acceptors (Lipinski definition) is 4. The summed E-state index contributed by atoms with van der Waals surface area (Å²) in [7, 11) is -3.45. The lowest BCUT2D eigenvalue weighted by Gasteiger charge is -2.30. The molecule has 0 radical (unpaired) electrons. The van der Waals surface area contributed by atoms with E-state index in [1.807, 2.05) is 0 Å². The Balaban J connectivity index is 1.84. The lowest BCUT2D eigenvalue weighted by atomic mass is 10.0. The number of sulfonamides is 1. The fraction of sp³-hybridized carbons (Fsp3) is 0.353. The second-order valence-corrected chi connectivity index (χ2v) is 7.89. The second kappa shape index (κ2) is 6.29. The third-order valence-electron chi connectivity index (χ3n) is 4.14. The van der Waals surface area contributed by atoms with Crippen molar-refractivity contribution in [3.8, 4) is 11.3 Å². The summed E-state index contributed by atoms with van der Waals surface area (Å²) in [5.74, 6) is 1.18. The maximum atomic E-state index is 12.7. The van der Waals surface area contributed by atoms with Crippen molar-refractivity contribution in [3.63, 3.8) is 0 Å². The summed E-state index contributed by atoms with van der Waals surface area (Å²) >= 11 is 0. The lowest BCUT2D eigenvalue weighted by molar-refractivity contribution is 0.110. The number of furan rings is 1. The van der Waals surface area contributed by atoms with Gasteiger partial charge in [0.15, 0.2) is 12.0 Å². The minimum atomic E-state index is -3.45. The zero-order valence-electron chi connectivity index (χ0n) is 12.9. The van der Waals surface area contributed by atoms with Gasteiger partial charge in [0.2, 0.25) is 10.0 Å². The molecule has 1 unspecified atom stereocenters. The van der Waals surface area contributed by atoms with Crippen LogP contribution in [-0.4, -0.2) is 32.1 Å². The molecule has 0 amide bonds. The highest BCUT2D eigenvalue weighted by Gasteiger charge is 2.28. The minimum Gasteiger partial charge on any atom is -0.453 e. The Bertz CT molecular complexity index is 792. The molecule has 1 aliphatic rings. The third-order valence-corrected chi connectivity index (χ3v) is 6.02. The van der Waals surface area contributed by atoms with E-state index in [1.54, 1.807) is 40.7 Å². The fourth-order valence-electron chi connectivity index (χ4n) is 2.88. The molecule has 0 N–H and O–H groups in total. The molecule has 0 aliphatic carbocycles. The van der Waals surface area contributed by atoms with Gasteiger partial charge in [-0.05, 0) is 55.2 Å². The van der Waals surface area contributed by atoms with Crippen molar-refractivity contribution in [2.24, 2.45) is 5.92 Å². The van der Waals surface area contributed by atoms with Crippen LogP contribution in [0.2, 0.25) is 0 Å². The molecule has 0 spiro atoms. The van der Waals surface area contributed by atoms with Gasteiger partial charge < -0.3 is 4.42 Å². The number of benzene rings is 1. The Morgan fingerprint density at radius 3 is 2.52 bits per heavy atom. The number of nitrogens with zero attached hydrogens (tertiary/aromatic N) is 1. The molecule has 0 saturated carbocycles. The first kappa shape index (κ1) is 16.0. The van der Waals surface area contributed by atoms with Gasteiger partial charge in [-0.2, -0.15) is 4.31 Å². The SMILES string of the molecule is CC1CCCN(S(=O)(=O)c2ccc(-c3ccc(C=O)o3)cc2)C1. The van der Waals surface area contributed by atoms with Crippen molar-refractivity contribution in [2.75, 3.05) is 13.1 Å². The van der Waals surface area contributed by atoms with Crippen LogP contribution in [0.1, 0.15) is 30.3 Å². The van der Waals surface area contributed by atoms with Crippen LogP contribution in [0.3, 0.4) is 0 Å². The number of carbonyl (C=O) groups excluding carboxylic acids is 1. The van der Waals surface area contributed by atoms with E-state index in [-0.39, 0.29) is 10.7 Å². The summed E-state index contributed by atoms with van der Waals surface area (Å²) in [6.45, 7) is 3.23. The van der Waals surface area contributed by atoms with Gasteiger partial charge in [-0.1, -0.05) is 6.92 Å². The van der Waals surface area contributed by atoms with Gasteiger partial charge in [-0.25, -0.2) is 8.42 Å². The van der Waals surface area contributed by atoms with E-state index in [9.17, 15) is 13.2 Å². The van der Waals surface area contributed by atoms with Crippen molar-refractivity contribution in [3.05, 3.63) is 42.2 Å². The number of hydrogen-bond donors (Lipinski definition) is 0. The largest absolute Gasteiger partial charge is 0.453 e. The van der Waals surface area contributed by atoms with E-state index in [2.05, 4.69) is 6.92 Å². The molecule has 5 nitrogen and oxygen atoms in total. The van der Waals surface area contributed by atoms with Crippen molar-refractivity contribution in [1.29, 1.82) is 0 Å². The molecule has 1 aliphatic heterocycles. The van der Waals surface area contributed by atoms with E-state index in [0.29, 0.717) is 31.1 Å². The smallest absolute Gasteiger partial charge is 0.243 e. The summed E-state index contributed by atoms with van der Waals surface area (Å²) < 4.78 is 32.3. The number of aldehydes is 1. The molecular formula is C17H19NO4S. The quantitative estimate of drug-likeness (QED) is 0.806. The Labute approximate surface area is 136 Å². The van der Waals surface area contributed by atoms with Gasteiger partial charge in [-0.3, -0.25) is 4.79 Å². The summed E-state index contributed by atoms with van der Waals surface area (Å²) in [4.78, 5) is 10.9. The van der Waals surface area contributed by atoms with E-state index in [0.717, 1.165) is 18.4 Å². The van der Waals surface area contributed by atoms with Crippen LogP contribution in [0.25, 0.3) is 11.3 Å². The number of carbonyl (C=O) groups is 1. The average molecular weight is 333 g/mol. The molecule has 1 aromatic carbocycles. The standard InChI is InChI=1S/C17H19NO4S/c1-13-3-2-10-18(11-13)23(20,21)16-7-4-14(5-8-16)17-9-6-15(12-19)22-17/h4-9,12-13H,2-3,10-11H2,1H3. The topological polar surface area (TPSA) is 67.6 Å². The van der Waals surface area contributed by atoms with Gasteiger partial charge in [0.25, 0.3) is 0 Å². The van der Waals surface area contributed by atoms with Crippen LogP contribution in [-0.2, 0) is 10.0 Å². The molecule has 1 aromatic heterocycles. The lowest BCUT2D eigenvalue weighted by Crippen LogP contribution is -2.39. The highest BCUT2D eigenvalue weighted by molar-refractivity contribution is 7.89. The van der Waals surface area contributed by atoms with Crippen LogP contribution in [0.15, 0.2) is 45.7 Å². The van der Waals surface area contributed by atoms with Crippen molar-refractivity contribution >= 4 is 16.3 Å². The van der Waals surface area contributed by atoms with Crippen LogP contribution in [0, 0.1) is 5.92 Å². The summed E-state index contributed by atoms with van der Waals surface area (Å²) in [5, 5.41) is 0. The van der Waals surface area contributed by atoms with Crippen molar-refractivity contribution in [2.45, 2.75) is 24.7 Å². The Morgan fingerprint density at radius 2 is 1.91 bits per heavy atom. The first-order valence-corrected chi connectivity index (χ1v) is 9.10. The van der Waals surface area contributed by atoms with E-state index in [1.165, 1.54) is 0 Å². The van der Waals surface area contributed by atoms with E-state index >= 15 is 0 Å². The molecule has 122 valence electrons. The minimum absolute atomic E-state index is 0.249. The van der Waals surface area contributed by atoms with Crippen LogP contribution in [0.5, 0.6) is 0 Å². The third kappa shape index (κ3) is 3.23. The van der Waals surface area contributed by atoms with Crippen molar-refractivity contribution < 1.29 is 17.6 Å².